The fourth-order valence-corrected chi connectivity index (χ4v) is 3.13. The predicted octanol–water partition coefficient (Wildman–Crippen LogP) is -0.0993. The highest BCUT2D eigenvalue weighted by molar-refractivity contribution is 5.91. The van der Waals surface area contributed by atoms with Crippen molar-refractivity contribution in [3.05, 3.63) is 11.6 Å². The number of carbonyl (C=O) groups excluding carboxylic acids is 1. The van der Waals surface area contributed by atoms with Gasteiger partial charge in [-0.2, -0.15) is 0 Å². The lowest BCUT2D eigenvalue weighted by molar-refractivity contribution is -0.0738. The van der Waals surface area contributed by atoms with Gasteiger partial charge in [0.05, 0.1) is 25.9 Å². The van der Waals surface area contributed by atoms with Gasteiger partial charge in [0.15, 0.2) is 0 Å². The minimum Gasteiger partial charge on any atom is -0.394 e. The molecule has 23 heavy (non-hydrogen) atoms. The van der Waals surface area contributed by atoms with E-state index in [1.165, 1.54) is 0 Å². The Kier molecular flexibility index (Phi) is 5.58. The van der Waals surface area contributed by atoms with E-state index in [-0.39, 0.29) is 31.3 Å². The van der Waals surface area contributed by atoms with E-state index in [0.29, 0.717) is 25.5 Å². The number of aliphatic hydroxyl groups excluding tert-OH is 1. The number of rotatable bonds is 5. The monoisotopic (exact) mass is 324 g/mol. The zero-order chi connectivity index (χ0) is 16.1. The lowest BCUT2D eigenvalue weighted by atomic mass is 10.1. The average molecular weight is 324 g/mol. The molecule has 3 heterocycles. The van der Waals surface area contributed by atoms with Crippen LogP contribution in [-0.4, -0.2) is 64.4 Å². The standard InChI is InChI=1S/C15H24N4O4/c20-7-9-23-12-10-22-8-5-11(12)16-15(21)14-18-17-13-4-2-1-3-6-19(13)14/h11-12,20H,1-10H2,(H,16,21)/t11-,12-/m1/s1. The summed E-state index contributed by atoms with van der Waals surface area (Å²) < 4.78 is 12.9. The van der Waals surface area contributed by atoms with Crippen LogP contribution < -0.4 is 5.32 Å². The normalized spacial score (nSPS) is 24.7. The maximum atomic E-state index is 12.6. The summed E-state index contributed by atoms with van der Waals surface area (Å²) in [6.07, 6.45) is 4.61. The first-order chi connectivity index (χ1) is 11.3. The molecule has 2 aliphatic heterocycles. The number of aromatic nitrogens is 3. The Morgan fingerprint density at radius 1 is 1.39 bits per heavy atom. The molecular formula is C15H24N4O4. The molecule has 2 N–H and O–H groups in total. The number of hydrogen-bond acceptors (Lipinski definition) is 6. The highest BCUT2D eigenvalue weighted by Crippen LogP contribution is 2.16. The van der Waals surface area contributed by atoms with Gasteiger partial charge in [-0.3, -0.25) is 4.79 Å². The zero-order valence-corrected chi connectivity index (χ0v) is 13.2. The lowest BCUT2D eigenvalue weighted by Gasteiger charge is -2.31. The molecule has 1 amide bonds. The van der Waals surface area contributed by atoms with E-state index >= 15 is 0 Å². The fourth-order valence-electron chi connectivity index (χ4n) is 3.13. The van der Waals surface area contributed by atoms with Crippen molar-refractivity contribution in [2.45, 2.75) is 50.8 Å². The van der Waals surface area contributed by atoms with Gasteiger partial charge in [-0.25, -0.2) is 0 Å². The first-order valence-corrected chi connectivity index (χ1v) is 8.32. The molecule has 128 valence electrons. The van der Waals surface area contributed by atoms with Gasteiger partial charge in [-0.15, -0.1) is 10.2 Å². The molecule has 0 spiro atoms. The molecule has 1 aromatic heterocycles. The third-order valence-electron chi connectivity index (χ3n) is 4.36. The molecule has 0 unspecified atom stereocenters. The van der Waals surface area contributed by atoms with Gasteiger partial charge >= 0.3 is 0 Å². The van der Waals surface area contributed by atoms with Crippen LogP contribution in [0.1, 0.15) is 42.1 Å². The van der Waals surface area contributed by atoms with Crippen molar-refractivity contribution in [3.8, 4) is 0 Å². The number of ether oxygens (including phenoxy) is 2. The van der Waals surface area contributed by atoms with E-state index in [4.69, 9.17) is 14.6 Å². The first kappa shape index (κ1) is 16.4. The summed E-state index contributed by atoms with van der Waals surface area (Å²) in [5, 5.41) is 20.1. The molecule has 1 fully saturated rings. The molecule has 0 aliphatic carbocycles. The summed E-state index contributed by atoms with van der Waals surface area (Å²) in [5.41, 5.74) is 0. The minimum atomic E-state index is -0.244. The molecular weight excluding hydrogens is 300 g/mol. The number of carbonyl (C=O) groups is 1. The van der Waals surface area contributed by atoms with E-state index in [0.717, 1.165) is 38.1 Å². The van der Waals surface area contributed by atoms with Crippen LogP contribution in [0.5, 0.6) is 0 Å². The van der Waals surface area contributed by atoms with E-state index in [9.17, 15) is 4.79 Å². The van der Waals surface area contributed by atoms with E-state index in [2.05, 4.69) is 15.5 Å². The van der Waals surface area contributed by atoms with E-state index < -0.39 is 0 Å². The Bertz CT molecular complexity index is 534. The van der Waals surface area contributed by atoms with Crippen molar-refractivity contribution < 1.29 is 19.4 Å². The summed E-state index contributed by atoms with van der Waals surface area (Å²) in [7, 11) is 0. The van der Waals surface area contributed by atoms with Crippen LogP contribution in [0.4, 0.5) is 0 Å². The van der Waals surface area contributed by atoms with Crippen molar-refractivity contribution >= 4 is 5.91 Å². The smallest absolute Gasteiger partial charge is 0.289 e. The summed E-state index contributed by atoms with van der Waals surface area (Å²) in [6, 6.07) is -0.137. The molecule has 8 nitrogen and oxygen atoms in total. The SMILES string of the molecule is O=C(N[C@@H]1CCOC[C@H]1OCCO)c1nnc2n1CCCCC2. The van der Waals surface area contributed by atoms with Crippen molar-refractivity contribution in [3.63, 3.8) is 0 Å². The molecule has 0 radical (unpaired) electrons. The highest BCUT2D eigenvalue weighted by atomic mass is 16.5. The third-order valence-corrected chi connectivity index (χ3v) is 4.36. The number of fused-ring (bicyclic) bond motifs is 1. The van der Waals surface area contributed by atoms with Crippen molar-refractivity contribution in [2.24, 2.45) is 0 Å². The molecule has 0 aromatic carbocycles. The Morgan fingerprint density at radius 2 is 2.30 bits per heavy atom. The molecule has 8 heteroatoms. The molecule has 2 aliphatic rings. The second kappa shape index (κ2) is 7.85. The Balaban J connectivity index is 1.67. The number of aryl methyl sites for hydroxylation is 1. The van der Waals surface area contributed by atoms with Crippen LogP contribution >= 0.6 is 0 Å². The van der Waals surface area contributed by atoms with Gasteiger partial charge in [-0.1, -0.05) is 6.42 Å². The fraction of sp³-hybridized carbons (Fsp3) is 0.800. The van der Waals surface area contributed by atoms with Gasteiger partial charge < -0.3 is 24.5 Å². The molecule has 1 saturated heterocycles. The van der Waals surface area contributed by atoms with Gasteiger partial charge in [0.1, 0.15) is 11.9 Å². The second-order valence-electron chi connectivity index (χ2n) is 5.98. The summed E-state index contributed by atoms with van der Waals surface area (Å²) in [4.78, 5) is 12.6. The highest BCUT2D eigenvalue weighted by Gasteiger charge is 2.30. The lowest BCUT2D eigenvalue weighted by Crippen LogP contribution is -2.50. The maximum absolute atomic E-state index is 12.6. The Morgan fingerprint density at radius 3 is 3.17 bits per heavy atom. The number of nitrogens with zero attached hydrogens (tertiary/aromatic N) is 3. The first-order valence-electron chi connectivity index (χ1n) is 8.32. The van der Waals surface area contributed by atoms with Crippen molar-refractivity contribution in [1.29, 1.82) is 0 Å². The average Bonchev–Trinajstić information content (AvgIpc) is 2.83. The Labute approximate surface area is 135 Å². The van der Waals surface area contributed by atoms with E-state index in [1.807, 2.05) is 4.57 Å². The predicted molar refractivity (Wildman–Crippen MR) is 81.1 cm³/mol. The molecule has 2 atom stereocenters. The van der Waals surface area contributed by atoms with Crippen LogP contribution in [0, 0.1) is 0 Å². The maximum Gasteiger partial charge on any atom is 0.289 e. The summed E-state index contributed by atoms with van der Waals surface area (Å²) in [6.45, 7) is 1.99. The summed E-state index contributed by atoms with van der Waals surface area (Å²) in [5.74, 6) is 1.07. The van der Waals surface area contributed by atoms with E-state index in [1.54, 1.807) is 0 Å². The second-order valence-corrected chi connectivity index (χ2v) is 5.98. The van der Waals surface area contributed by atoms with Crippen LogP contribution in [0.3, 0.4) is 0 Å². The quantitative estimate of drug-likeness (QED) is 0.785. The number of nitrogens with one attached hydrogen (secondary N) is 1. The van der Waals surface area contributed by atoms with Crippen molar-refractivity contribution in [2.75, 3.05) is 26.4 Å². The van der Waals surface area contributed by atoms with Gasteiger partial charge in [0.25, 0.3) is 5.91 Å². The van der Waals surface area contributed by atoms with Crippen LogP contribution in [0.2, 0.25) is 0 Å². The van der Waals surface area contributed by atoms with Gasteiger partial charge in [0, 0.05) is 19.6 Å². The molecule has 3 rings (SSSR count). The largest absolute Gasteiger partial charge is 0.394 e. The summed E-state index contributed by atoms with van der Waals surface area (Å²) >= 11 is 0. The molecule has 0 bridgehead atoms. The van der Waals surface area contributed by atoms with Crippen LogP contribution in [-0.2, 0) is 22.4 Å². The van der Waals surface area contributed by atoms with Crippen molar-refractivity contribution in [1.82, 2.24) is 20.1 Å². The van der Waals surface area contributed by atoms with Gasteiger partial charge in [0.2, 0.25) is 5.82 Å². The zero-order valence-electron chi connectivity index (χ0n) is 13.2. The molecule has 0 saturated carbocycles. The number of hydrogen-bond donors (Lipinski definition) is 2. The molecule has 1 aromatic rings. The third kappa shape index (κ3) is 3.88. The number of aliphatic hydroxyl groups is 1. The van der Waals surface area contributed by atoms with Gasteiger partial charge in [-0.05, 0) is 19.3 Å². The minimum absolute atomic E-state index is 0.0468. The number of amides is 1. The van der Waals surface area contributed by atoms with Crippen LogP contribution in [0.25, 0.3) is 0 Å². The van der Waals surface area contributed by atoms with Crippen LogP contribution in [0.15, 0.2) is 0 Å². The topological polar surface area (TPSA) is 98.5 Å². The Hall–Kier alpha value is -1.51.